The van der Waals surface area contributed by atoms with Crippen LogP contribution in [0.2, 0.25) is 0 Å². The summed E-state index contributed by atoms with van der Waals surface area (Å²) >= 11 is 1.87. The van der Waals surface area contributed by atoms with Gasteiger partial charge in [-0.15, -0.1) is 11.3 Å². The summed E-state index contributed by atoms with van der Waals surface area (Å²) in [5.41, 5.74) is 15.3. The van der Waals surface area contributed by atoms with E-state index in [1.807, 2.05) is 41.7 Å². The summed E-state index contributed by atoms with van der Waals surface area (Å²) in [5, 5.41) is 6.39. The Hall–Kier alpha value is -4.93. The lowest BCUT2D eigenvalue weighted by Gasteiger charge is -2.19. The van der Waals surface area contributed by atoms with E-state index in [9.17, 15) is 0 Å². The second-order valence-electron chi connectivity index (χ2n) is 11.2. The number of nitrogens with zero attached hydrogens (tertiary/aromatic N) is 1. The van der Waals surface area contributed by atoms with E-state index in [0.717, 1.165) is 28.9 Å². The second-order valence-corrected chi connectivity index (χ2v) is 12.2. The highest BCUT2D eigenvalue weighted by molar-refractivity contribution is 7.26. The maximum Gasteiger partial charge on any atom is 0.125 e. The lowest BCUT2D eigenvalue weighted by Crippen LogP contribution is -2.13. The van der Waals surface area contributed by atoms with Gasteiger partial charge < -0.3 is 11.1 Å². The van der Waals surface area contributed by atoms with Gasteiger partial charge in [0, 0.05) is 42.7 Å². The van der Waals surface area contributed by atoms with Gasteiger partial charge in [0.2, 0.25) is 0 Å². The molecule has 0 bridgehead atoms. The quantitative estimate of drug-likeness (QED) is 0.147. The van der Waals surface area contributed by atoms with Gasteiger partial charge in [0.15, 0.2) is 0 Å². The van der Waals surface area contributed by atoms with Crippen molar-refractivity contribution in [2.75, 3.05) is 5.32 Å². The first-order valence-corrected chi connectivity index (χ1v) is 15.6. The van der Waals surface area contributed by atoms with E-state index >= 15 is 0 Å². The van der Waals surface area contributed by atoms with Crippen LogP contribution in [0.1, 0.15) is 30.0 Å². The maximum atomic E-state index is 6.22. The summed E-state index contributed by atoms with van der Waals surface area (Å²) in [5.74, 6) is 1.07. The minimum Gasteiger partial charge on any atom is -0.383 e. The fourth-order valence-corrected chi connectivity index (χ4v) is 7.02. The van der Waals surface area contributed by atoms with E-state index in [-0.39, 0.29) is 0 Å². The number of nitrogens with one attached hydrogen (secondary N) is 1. The molecule has 6 aromatic rings. The zero-order chi connectivity index (χ0) is 29.2. The number of hydrogen-bond acceptors (Lipinski definition) is 3. The van der Waals surface area contributed by atoms with Crippen LogP contribution in [0.15, 0.2) is 138 Å². The summed E-state index contributed by atoms with van der Waals surface area (Å²) in [6.07, 6.45) is 8.00. The first-order valence-electron chi connectivity index (χ1n) is 14.8. The molecule has 7 rings (SSSR count). The number of fused-ring (bicyclic) bond motifs is 3. The largest absolute Gasteiger partial charge is 0.383 e. The molecule has 0 amide bonds. The topological polar surface area (TPSA) is 50.4 Å². The molecule has 0 fully saturated rings. The number of benzene rings is 5. The van der Waals surface area contributed by atoms with Crippen molar-refractivity contribution in [2.24, 2.45) is 16.6 Å². The molecule has 1 unspecified atom stereocenters. The molecule has 1 aliphatic rings. The van der Waals surface area contributed by atoms with E-state index in [4.69, 9.17) is 5.73 Å². The molecule has 0 radical (unpaired) electrons. The Labute approximate surface area is 256 Å². The Balaban J connectivity index is 1.23. The highest BCUT2D eigenvalue weighted by Crippen LogP contribution is 2.42. The molecule has 1 aromatic heterocycles. The molecule has 1 aliphatic carbocycles. The second kappa shape index (κ2) is 11.7. The number of thiophene rings is 1. The molecule has 4 heteroatoms. The number of hydrogen-bond donors (Lipinski definition) is 2. The lowest BCUT2D eigenvalue weighted by atomic mass is 9.91. The van der Waals surface area contributed by atoms with Crippen molar-refractivity contribution < 1.29 is 0 Å². The Morgan fingerprint density at radius 3 is 2.47 bits per heavy atom. The molecule has 210 valence electrons. The zero-order valence-electron chi connectivity index (χ0n) is 24.1. The SMILES string of the molecule is CC1C=C(c2ccc(-c3cccc4c3sc3ccccc34)cc2Nc2ccc(CN=C(N)c3ccccc3)cc2)C=CC1. The van der Waals surface area contributed by atoms with E-state index in [1.54, 1.807) is 0 Å². The van der Waals surface area contributed by atoms with Crippen LogP contribution in [0.25, 0.3) is 36.9 Å². The monoisotopic (exact) mass is 575 g/mol. The van der Waals surface area contributed by atoms with Crippen molar-refractivity contribution in [2.45, 2.75) is 19.9 Å². The van der Waals surface area contributed by atoms with Gasteiger partial charge in [-0.25, -0.2) is 0 Å². The smallest absolute Gasteiger partial charge is 0.125 e. The molecular weight excluding hydrogens is 543 g/mol. The van der Waals surface area contributed by atoms with Crippen LogP contribution in [-0.4, -0.2) is 5.84 Å². The Bertz CT molecular complexity index is 2010. The van der Waals surface area contributed by atoms with Crippen LogP contribution in [0.3, 0.4) is 0 Å². The molecule has 0 saturated carbocycles. The highest BCUT2D eigenvalue weighted by atomic mass is 32.1. The number of amidine groups is 1. The molecule has 3 N–H and O–H groups in total. The Morgan fingerprint density at radius 1 is 0.837 bits per heavy atom. The third kappa shape index (κ3) is 5.62. The van der Waals surface area contributed by atoms with E-state index < -0.39 is 0 Å². The summed E-state index contributed by atoms with van der Waals surface area (Å²) in [6, 6.07) is 40.6. The number of nitrogens with two attached hydrogens (primary N) is 1. The van der Waals surface area contributed by atoms with Gasteiger partial charge in [-0.1, -0.05) is 116 Å². The van der Waals surface area contributed by atoms with Crippen molar-refractivity contribution in [3.05, 3.63) is 150 Å². The van der Waals surface area contributed by atoms with Gasteiger partial charge in [0.25, 0.3) is 0 Å². The van der Waals surface area contributed by atoms with Crippen molar-refractivity contribution in [3.8, 4) is 11.1 Å². The van der Waals surface area contributed by atoms with Gasteiger partial charge in [0.05, 0.1) is 6.54 Å². The molecular formula is C39H33N3S. The lowest BCUT2D eigenvalue weighted by molar-refractivity contribution is 0.740. The van der Waals surface area contributed by atoms with Gasteiger partial charge in [-0.05, 0) is 58.9 Å². The maximum absolute atomic E-state index is 6.22. The Kier molecular flexibility index (Phi) is 7.36. The highest BCUT2D eigenvalue weighted by Gasteiger charge is 2.15. The third-order valence-electron chi connectivity index (χ3n) is 8.05. The van der Waals surface area contributed by atoms with Gasteiger partial charge in [0.1, 0.15) is 5.84 Å². The zero-order valence-corrected chi connectivity index (χ0v) is 24.9. The van der Waals surface area contributed by atoms with Crippen LogP contribution < -0.4 is 11.1 Å². The fraction of sp³-hybridized carbons (Fsp3) is 0.103. The summed E-state index contributed by atoms with van der Waals surface area (Å²) in [4.78, 5) is 4.61. The molecule has 43 heavy (non-hydrogen) atoms. The van der Waals surface area contributed by atoms with Crippen molar-refractivity contribution in [1.82, 2.24) is 0 Å². The Morgan fingerprint density at radius 2 is 1.63 bits per heavy atom. The summed E-state index contributed by atoms with van der Waals surface area (Å²) in [7, 11) is 0. The predicted octanol–water partition coefficient (Wildman–Crippen LogP) is 10.3. The molecule has 0 aliphatic heterocycles. The third-order valence-corrected chi connectivity index (χ3v) is 9.27. The molecule has 5 aromatic carbocycles. The first-order chi connectivity index (χ1) is 21.1. The van der Waals surface area contributed by atoms with E-state index in [1.165, 1.54) is 42.4 Å². The van der Waals surface area contributed by atoms with Crippen molar-refractivity contribution in [1.29, 1.82) is 0 Å². The van der Waals surface area contributed by atoms with Crippen molar-refractivity contribution in [3.63, 3.8) is 0 Å². The number of allylic oxidation sites excluding steroid dienone is 4. The minimum absolute atomic E-state index is 0.517. The van der Waals surface area contributed by atoms with E-state index in [2.05, 4.69) is 120 Å². The molecule has 0 saturated heterocycles. The standard InChI is InChI=1S/C39H33N3S/c1-26-9-7-12-29(23-26)32-22-19-30(33-14-8-15-35-34-13-5-6-16-37(34)43-38(33)35)24-36(32)42-31-20-17-27(18-21-31)25-41-39(40)28-10-3-2-4-11-28/h2-8,10-24,26,42H,9,25H2,1H3,(H2,40,41). The van der Waals surface area contributed by atoms with Gasteiger partial charge in [-0.2, -0.15) is 0 Å². The van der Waals surface area contributed by atoms with Gasteiger partial charge in [-0.3, -0.25) is 4.99 Å². The number of anilines is 2. The average Bonchev–Trinajstić information content (AvgIpc) is 3.44. The van der Waals surface area contributed by atoms with E-state index in [0.29, 0.717) is 18.3 Å². The first kappa shape index (κ1) is 26.9. The van der Waals surface area contributed by atoms with Crippen LogP contribution >= 0.6 is 11.3 Å². The summed E-state index contributed by atoms with van der Waals surface area (Å²) < 4.78 is 2.65. The minimum atomic E-state index is 0.517. The van der Waals surface area contributed by atoms with Crippen LogP contribution in [-0.2, 0) is 6.54 Å². The molecule has 1 heterocycles. The van der Waals surface area contributed by atoms with Crippen molar-refractivity contribution >= 4 is 54.3 Å². The van der Waals surface area contributed by atoms with Crippen LogP contribution in [0.5, 0.6) is 0 Å². The number of aliphatic imine (C=N–C) groups is 1. The number of rotatable bonds is 7. The molecule has 0 spiro atoms. The average molecular weight is 576 g/mol. The fourth-order valence-electron chi connectivity index (χ4n) is 5.79. The van der Waals surface area contributed by atoms with Crippen LogP contribution in [0, 0.1) is 5.92 Å². The predicted molar refractivity (Wildman–Crippen MR) is 186 cm³/mol. The molecule has 1 atom stereocenters. The van der Waals surface area contributed by atoms with Crippen LogP contribution in [0.4, 0.5) is 11.4 Å². The van der Waals surface area contributed by atoms with Gasteiger partial charge >= 0.3 is 0 Å². The summed E-state index contributed by atoms with van der Waals surface area (Å²) in [6.45, 7) is 2.81. The normalized spacial score (nSPS) is 15.1. The molecule has 3 nitrogen and oxygen atoms in total.